The Balaban J connectivity index is 0.00000220. The molecule has 0 aliphatic heterocycles. The fourth-order valence-corrected chi connectivity index (χ4v) is 2.74. The third-order valence-corrected chi connectivity index (χ3v) is 4.28. The van der Waals surface area contributed by atoms with Gasteiger partial charge in [0.2, 0.25) is 0 Å². The van der Waals surface area contributed by atoms with Crippen LogP contribution < -0.4 is 15.8 Å². The Labute approximate surface area is 136 Å². The maximum absolute atomic E-state index is 12.0. The van der Waals surface area contributed by atoms with Gasteiger partial charge in [-0.15, -0.1) is 12.4 Å². The van der Waals surface area contributed by atoms with Crippen molar-refractivity contribution in [2.75, 3.05) is 13.2 Å². The number of amides is 1. The van der Waals surface area contributed by atoms with Crippen LogP contribution in [0.2, 0.25) is 5.02 Å². The zero-order chi connectivity index (χ0) is 14.6. The van der Waals surface area contributed by atoms with Crippen LogP contribution in [0.5, 0.6) is 5.75 Å². The van der Waals surface area contributed by atoms with Crippen LogP contribution in [0.3, 0.4) is 0 Å². The maximum Gasteiger partial charge on any atom is 0.258 e. The molecule has 2 rings (SSSR count). The molecule has 0 aromatic heterocycles. The Morgan fingerprint density at radius 2 is 2.10 bits per heavy atom. The van der Waals surface area contributed by atoms with Gasteiger partial charge in [0.1, 0.15) is 5.75 Å². The van der Waals surface area contributed by atoms with Crippen LogP contribution in [0.25, 0.3) is 0 Å². The smallest absolute Gasteiger partial charge is 0.258 e. The lowest BCUT2D eigenvalue weighted by Gasteiger charge is -2.28. The highest BCUT2D eigenvalue weighted by molar-refractivity contribution is 6.31. The van der Waals surface area contributed by atoms with E-state index in [0.29, 0.717) is 17.3 Å². The molecule has 118 valence electrons. The molecule has 0 heterocycles. The third kappa shape index (κ3) is 4.77. The van der Waals surface area contributed by atoms with E-state index in [1.165, 1.54) is 0 Å². The minimum Gasteiger partial charge on any atom is -0.484 e. The molecule has 0 atom stereocenters. The number of carbonyl (C=O) groups excluding carboxylic acids is 1. The highest BCUT2D eigenvalue weighted by Gasteiger charge is 2.33. The number of rotatable bonds is 5. The summed E-state index contributed by atoms with van der Waals surface area (Å²) in [5, 5.41) is 3.71. The maximum atomic E-state index is 12.0. The van der Waals surface area contributed by atoms with Crippen LogP contribution in [0.1, 0.15) is 31.2 Å². The second-order valence-electron chi connectivity index (χ2n) is 5.44. The number of halogens is 2. The van der Waals surface area contributed by atoms with E-state index in [4.69, 9.17) is 22.1 Å². The van der Waals surface area contributed by atoms with E-state index < -0.39 is 0 Å². The van der Waals surface area contributed by atoms with Gasteiger partial charge in [-0.3, -0.25) is 4.79 Å². The molecule has 1 fully saturated rings. The molecule has 1 saturated carbocycles. The highest BCUT2D eigenvalue weighted by Crippen LogP contribution is 2.28. The molecule has 1 aromatic carbocycles. The molecule has 21 heavy (non-hydrogen) atoms. The number of benzene rings is 1. The van der Waals surface area contributed by atoms with Gasteiger partial charge >= 0.3 is 0 Å². The van der Waals surface area contributed by atoms with Gasteiger partial charge in [-0.1, -0.05) is 24.4 Å². The van der Waals surface area contributed by atoms with Crippen LogP contribution in [0.4, 0.5) is 0 Å². The summed E-state index contributed by atoms with van der Waals surface area (Å²) >= 11 is 5.95. The normalized spacial score (nSPS) is 16.1. The lowest BCUT2D eigenvalue weighted by atomic mass is 9.98. The van der Waals surface area contributed by atoms with Gasteiger partial charge < -0.3 is 15.8 Å². The van der Waals surface area contributed by atoms with Crippen molar-refractivity contribution in [2.24, 2.45) is 5.73 Å². The van der Waals surface area contributed by atoms with Gasteiger partial charge in [-0.05, 0) is 43.5 Å². The van der Waals surface area contributed by atoms with Crippen molar-refractivity contribution in [2.45, 2.75) is 38.1 Å². The first-order valence-corrected chi connectivity index (χ1v) is 7.32. The summed E-state index contributed by atoms with van der Waals surface area (Å²) in [5.41, 5.74) is 6.49. The standard InChI is InChI=1S/C15H21ClN2O2.ClH/c1-11-8-12(4-5-13(11)16)20-9-14(19)18-15(10-17)6-2-3-7-15;/h4-5,8H,2-3,6-7,9-10,17H2,1H3,(H,18,19);1H. The van der Waals surface area contributed by atoms with Crippen LogP contribution in [0, 0.1) is 6.92 Å². The molecular weight excluding hydrogens is 311 g/mol. The summed E-state index contributed by atoms with van der Waals surface area (Å²) in [6, 6.07) is 5.35. The average molecular weight is 333 g/mol. The van der Waals surface area contributed by atoms with Gasteiger partial charge in [-0.25, -0.2) is 0 Å². The molecule has 1 aliphatic rings. The van der Waals surface area contributed by atoms with Gasteiger partial charge in [-0.2, -0.15) is 0 Å². The quantitative estimate of drug-likeness (QED) is 0.871. The molecular formula is C15H22Cl2N2O2. The first-order chi connectivity index (χ1) is 9.54. The number of nitrogens with two attached hydrogens (primary N) is 1. The number of carbonyl (C=O) groups is 1. The fraction of sp³-hybridized carbons (Fsp3) is 0.533. The van der Waals surface area contributed by atoms with Crippen LogP contribution in [-0.2, 0) is 4.79 Å². The molecule has 0 spiro atoms. The Morgan fingerprint density at radius 1 is 1.43 bits per heavy atom. The molecule has 1 amide bonds. The minimum atomic E-state index is -0.226. The van der Waals surface area contributed by atoms with E-state index in [0.717, 1.165) is 31.2 Å². The lowest BCUT2D eigenvalue weighted by molar-refractivity contribution is -0.124. The zero-order valence-corrected chi connectivity index (χ0v) is 13.7. The molecule has 0 unspecified atom stereocenters. The van der Waals surface area contributed by atoms with Crippen LogP contribution in [0.15, 0.2) is 18.2 Å². The van der Waals surface area contributed by atoms with Gasteiger partial charge in [0.25, 0.3) is 5.91 Å². The lowest BCUT2D eigenvalue weighted by Crippen LogP contribution is -2.52. The number of nitrogens with one attached hydrogen (secondary N) is 1. The number of hydrogen-bond acceptors (Lipinski definition) is 3. The molecule has 1 aliphatic carbocycles. The van der Waals surface area contributed by atoms with E-state index >= 15 is 0 Å². The van der Waals surface area contributed by atoms with Crippen molar-refractivity contribution in [1.29, 1.82) is 0 Å². The average Bonchev–Trinajstić information content (AvgIpc) is 2.89. The number of hydrogen-bond donors (Lipinski definition) is 2. The SMILES string of the molecule is Cc1cc(OCC(=O)NC2(CN)CCCC2)ccc1Cl.Cl. The Morgan fingerprint density at radius 3 is 2.67 bits per heavy atom. The summed E-state index contributed by atoms with van der Waals surface area (Å²) in [6.45, 7) is 2.39. The highest BCUT2D eigenvalue weighted by atomic mass is 35.5. The topological polar surface area (TPSA) is 64.3 Å². The summed E-state index contributed by atoms with van der Waals surface area (Å²) in [6.07, 6.45) is 4.15. The fourth-order valence-electron chi connectivity index (χ4n) is 2.62. The van der Waals surface area contributed by atoms with E-state index in [1.807, 2.05) is 13.0 Å². The second-order valence-corrected chi connectivity index (χ2v) is 5.85. The Kier molecular flexibility index (Phi) is 6.78. The number of ether oxygens (including phenoxy) is 1. The van der Waals surface area contributed by atoms with Crippen molar-refractivity contribution in [1.82, 2.24) is 5.32 Å². The van der Waals surface area contributed by atoms with Crippen LogP contribution >= 0.6 is 24.0 Å². The van der Waals surface area contributed by atoms with E-state index in [2.05, 4.69) is 5.32 Å². The second kappa shape index (κ2) is 7.87. The van der Waals surface area contributed by atoms with E-state index in [1.54, 1.807) is 12.1 Å². The summed E-state index contributed by atoms with van der Waals surface area (Å²) in [4.78, 5) is 12.0. The summed E-state index contributed by atoms with van der Waals surface area (Å²) in [7, 11) is 0. The molecule has 3 N–H and O–H groups in total. The third-order valence-electron chi connectivity index (χ3n) is 3.86. The Bertz CT molecular complexity index is 489. The molecule has 0 radical (unpaired) electrons. The molecule has 0 saturated heterocycles. The van der Waals surface area contributed by atoms with Gasteiger partial charge in [0, 0.05) is 11.6 Å². The first-order valence-electron chi connectivity index (χ1n) is 6.95. The predicted octanol–water partition coefficient (Wildman–Crippen LogP) is 2.84. The van der Waals surface area contributed by atoms with Crippen molar-refractivity contribution in [3.05, 3.63) is 28.8 Å². The zero-order valence-electron chi connectivity index (χ0n) is 12.2. The van der Waals surface area contributed by atoms with Crippen molar-refractivity contribution in [3.8, 4) is 5.75 Å². The molecule has 1 aromatic rings. The summed E-state index contributed by atoms with van der Waals surface area (Å²) < 4.78 is 5.49. The molecule has 6 heteroatoms. The predicted molar refractivity (Wildman–Crippen MR) is 87.3 cm³/mol. The van der Waals surface area contributed by atoms with Gasteiger partial charge in [0.15, 0.2) is 6.61 Å². The number of aryl methyl sites for hydroxylation is 1. The summed E-state index contributed by atoms with van der Waals surface area (Å²) in [5.74, 6) is 0.528. The largest absolute Gasteiger partial charge is 0.484 e. The first kappa shape index (κ1) is 18.1. The van der Waals surface area contributed by atoms with Crippen molar-refractivity contribution < 1.29 is 9.53 Å². The van der Waals surface area contributed by atoms with E-state index in [-0.39, 0.29) is 30.5 Å². The minimum absolute atomic E-state index is 0. The molecule has 0 bridgehead atoms. The van der Waals surface area contributed by atoms with Crippen molar-refractivity contribution in [3.63, 3.8) is 0 Å². The Hall–Kier alpha value is -0.970. The molecule has 4 nitrogen and oxygen atoms in total. The van der Waals surface area contributed by atoms with E-state index in [9.17, 15) is 4.79 Å². The van der Waals surface area contributed by atoms with Gasteiger partial charge in [0.05, 0.1) is 5.54 Å². The monoisotopic (exact) mass is 332 g/mol. The van der Waals surface area contributed by atoms with Crippen molar-refractivity contribution >= 4 is 29.9 Å². The van der Waals surface area contributed by atoms with Crippen LogP contribution in [-0.4, -0.2) is 24.6 Å².